The molecule has 1 heterocycles. The lowest BCUT2D eigenvalue weighted by Crippen LogP contribution is -2.25. The zero-order chi connectivity index (χ0) is 9.97. The van der Waals surface area contributed by atoms with Crippen LogP contribution in [0.3, 0.4) is 0 Å². The van der Waals surface area contributed by atoms with Gasteiger partial charge in [-0.2, -0.15) is 0 Å². The predicted octanol–water partition coefficient (Wildman–Crippen LogP) is 2.64. The maximum Gasteiger partial charge on any atom is 0.307 e. The number of aliphatic carboxylic acids is 1. The molecule has 1 saturated carbocycles. The van der Waals surface area contributed by atoms with Crippen LogP contribution in [0.15, 0.2) is 23.0 Å². The summed E-state index contributed by atoms with van der Waals surface area (Å²) in [5.41, 5.74) is 1.04. The number of carboxylic acid groups (broad SMARTS) is 1. The van der Waals surface area contributed by atoms with E-state index in [9.17, 15) is 4.79 Å². The van der Waals surface area contributed by atoms with Crippen molar-refractivity contribution < 1.29 is 14.3 Å². The van der Waals surface area contributed by atoms with E-state index in [1.807, 2.05) is 6.07 Å². The molecule has 1 aliphatic rings. The van der Waals surface area contributed by atoms with Gasteiger partial charge in [0.15, 0.2) is 0 Å². The first-order valence-corrected chi connectivity index (χ1v) is 5.04. The Morgan fingerprint density at radius 1 is 1.43 bits per heavy atom. The Hall–Kier alpha value is -1.25. The average Bonchev–Trinajstić information content (AvgIpc) is 2.70. The third-order valence-corrected chi connectivity index (χ3v) is 3.05. The van der Waals surface area contributed by atoms with E-state index in [4.69, 9.17) is 9.52 Å². The summed E-state index contributed by atoms with van der Waals surface area (Å²) < 4.78 is 5.00. The fraction of sp³-hybridized carbons (Fsp3) is 0.545. The molecule has 3 heteroatoms. The number of hydrogen-bond donors (Lipinski definition) is 1. The number of carboxylic acids is 1. The van der Waals surface area contributed by atoms with E-state index >= 15 is 0 Å². The summed E-state index contributed by atoms with van der Waals surface area (Å²) in [7, 11) is 0. The Morgan fingerprint density at radius 3 is 2.86 bits per heavy atom. The number of hydrogen-bond acceptors (Lipinski definition) is 2. The Kier molecular flexibility index (Phi) is 2.57. The van der Waals surface area contributed by atoms with Crippen molar-refractivity contribution in [1.29, 1.82) is 0 Å². The van der Waals surface area contributed by atoms with E-state index < -0.39 is 5.97 Å². The van der Waals surface area contributed by atoms with Crippen molar-refractivity contribution in [2.75, 3.05) is 0 Å². The molecule has 1 N–H and O–H groups in total. The molecule has 2 atom stereocenters. The summed E-state index contributed by atoms with van der Waals surface area (Å²) in [5.74, 6) is -0.739. The van der Waals surface area contributed by atoms with E-state index in [-0.39, 0.29) is 11.8 Å². The minimum Gasteiger partial charge on any atom is -0.481 e. The minimum absolute atomic E-state index is 0.153. The first kappa shape index (κ1) is 9.31. The number of rotatable bonds is 2. The van der Waals surface area contributed by atoms with Crippen molar-refractivity contribution in [1.82, 2.24) is 0 Å². The Labute approximate surface area is 82.7 Å². The van der Waals surface area contributed by atoms with Gasteiger partial charge in [0.05, 0.1) is 18.4 Å². The topological polar surface area (TPSA) is 50.4 Å². The first-order valence-electron chi connectivity index (χ1n) is 5.04. The highest BCUT2D eigenvalue weighted by atomic mass is 16.4. The summed E-state index contributed by atoms with van der Waals surface area (Å²) in [4.78, 5) is 11.0. The molecule has 1 aliphatic carbocycles. The smallest absolute Gasteiger partial charge is 0.307 e. The molecule has 0 radical (unpaired) electrons. The molecule has 0 aromatic carbocycles. The molecule has 14 heavy (non-hydrogen) atoms. The van der Waals surface area contributed by atoms with Crippen molar-refractivity contribution in [2.24, 2.45) is 5.92 Å². The molecule has 1 aromatic heterocycles. The van der Waals surface area contributed by atoms with Crippen LogP contribution in [0, 0.1) is 5.92 Å². The lowest BCUT2D eigenvalue weighted by atomic mass is 9.76. The monoisotopic (exact) mass is 194 g/mol. The summed E-state index contributed by atoms with van der Waals surface area (Å²) in [6.07, 6.45) is 7.21. The maximum atomic E-state index is 11.0. The van der Waals surface area contributed by atoms with E-state index in [2.05, 4.69) is 0 Å². The second-order valence-corrected chi connectivity index (χ2v) is 3.89. The standard InChI is InChI=1S/C11H14O3/c12-11(13)10-4-2-1-3-9(10)8-5-6-14-7-8/h5-7,9-10H,1-4H2,(H,12,13). The summed E-state index contributed by atoms with van der Waals surface area (Å²) in [5, 5.41) is 9.08. The van der Waals surface area contributed by atoms with Crippen molar-refractivity contribution in [3.63, 3.8) is 0 Å². The van der Waals surface area contributed by atoms with Gasteiger partial charge in [0.25, 0.3) is 0 Å². The van der Waals surface area contributed by atoms with Crippen LogP contribution >= 0.6 is 0 Å². The highest BCUT2D eigenvalue weighted by Gasteiger charge is 2.32. The Bertz CT molecular complexity index is 302. The van der Waals surface area contributed by atoms with Crippen LogP contribution in [0.2, 0.25) is 0 Å². The molecule has 0 amide bonds. The summed E-state index contributed by atoms with van der Waals surface area (Å²) >= 11 is 0. The van der Waals surface area contributed by atoms with Crippen molar-refractivity contribution in [3.8, 4) is 0 Å². The zero-order valence-electron chi connectivity index (χ0n) is 7.98. The molecule has 3 nitrogen and oxygen atoms in total. The van der Waals surface area contributed by atoms with Gasteiger partial charge < -0.3 is 9.52 Å². The van der Waals surface area contributed by atoms with Gasteiger partial charge >= 0.3 is 5.97 Å². The summed E-state index contributed by atoms with van der Waals surface area (Å²) in [6.45, 7) is 0. The van der Waals surface area contributed by atoms with Gasteiger partial charge in [-0.05, 0) is 24.5 Å². The lowest BCUT2D eigenvalue weighted by Gasteiger charge is -2.27. The van der Waals surface area contributed by atoms with Gasteiger partial charge in [-0.3, -0.25) is 4.79 Å². The van der Waals surface area contributed by atoms with Crippen LogP contribution in [0.4, 0.5) is 0 Å². The molecule has 2 unspecified atom stereocenters. The SMILES string of the molecule is O=C(O)C1CCCCC1c1ccoc1. The third kappa shape index (κ3) is 1.67. The second-order valence-electron chi connectivity index (χ2n) is 3.89. The quantitative estimate of drug-likeness (QED) is 0.787. The highest BCUT2D eigenvalue weighted by Crippen LogP contribution is 2.37. The molecule has 76 valence electrons. The number of furan rings is 1. The summed E-state index contributed by atoms with van der Waals surface area (Å²) in [6, 6.07) is 1.88. The molecular weight excluding hydrogens is 180 g/mol. The molecule has 1 fully saturated rings. The maximum absolute atomic E-state index is 11.0. The van der Waals surface area contributed by atoms with Crippen molar-refractivity contribution in [2.45, 2.75) is 31.6 Å². The van der Waals surface area contributed by atoms with Gasteiger partial charge in [0.1, 0.15) is 0 Å². The molecular formula is C11H14O3. The van der Waals surface area contributed by atoms with Gasteiger partial charge in [-0.1, -0.05) is 12.8 Å². The fourth-order valence-electron chi connectivity index (χ4n) is 2.31. The van der Waals surface area contributed by atoms with Gasteiger partial charge in [0.2, 0.25) is 0 Å². The Balaban J connectivity index is 2.18. The minimum atomic E-state index is -0.670. The van der Waals surface area contributed by atoms with Crippen molar-refractivity contribution in [3.05, 3.63) is 24.2 Å². The van der Waals surface area contributed by atoms with Gasteiger partial charge in [-0.15, -0.1) is 0 Å². The molecule has 0 spiro atoms. The fourth-order valence-corrected chi connectivity index (χ4v) is 2.31. The normalized spacial score (nSPS) is 27.4. The predicted molar refractivity (Wildman–Crippen MR) is 51.0 cm³/mol. The second kappa shape index (κ2) is 3.86. The Morgan fingerprint density at radius 2 is 2.21 bits per heavy atom. The van der Waals surface area contributed by atoms with Crippen LogP contribution in [0.1, 0.15) is 37.2 Å². The zero-order valence-corrected chi connectivity index (χ0v) is 7.98. The van der Waals surface area contributed by atoms with E-state index in [1.165, 1.54) is 0 Å². The van der Waals surface area contributed by atoms with Gasteiger partial charge in [0, 0.05) is 5.92 Å². The van der Waals surface area contributed by atoms with Crippen LogP contribution < -0.4 is 0 Å². The molecule has 0 aliphatic heterocycles. The highest BCUT2D eigenvalue weighted by molar-refractivity contribution is 5.71. The molecule has 0 bridgehead atoms. The molecule has 1 aromatic rings. The van der Waals surface area contributed by atoms with Crippen LogP contribution in [0.5, 0.6) is 0 Å². The molecule has 2 rings (SSSR count). The number of carbonyl (C=O) groups is 1. The third-order valence-electron chi connectivity index (χ3n) is 3.05. The largest absolute Gasteiger partial charge is 0.481 e. The van der Waals surface area contributed by atoms with E-state index in [1.54, 1.807) is 12.5 Å². The van der Waals surface area contributed by atoms with Crippen LogP contribution in [0.25, 0.3) is 0 Å². The average molecular weight is 194 g/mol. The van der Waals surface area contributed by atoms with Gasteiger partial charge in [-0.25, -0.2) is 0 Å². The van der Waals surface area contributed by atoms with Crippen molar-refractivity contribution >= 4 is 5.97 Å². The lowest BCUT2D eigenvalue weighted by molar-refractivity contribution is -0.143. The first-order chi connectivity index (χ1) is 6.79. The van der Waals surface area contributed by atoms with E-state index in [0.29, 0.717) is 0 Å². The van der Waals surface area contributed by atoms with Crippen LogP contribution in [-0.4, -0.2) is 11.1 Å². The van der Waals surface area contributed by atoms with E-state index in [0.717, 1.165) is 31.2 Å². The molecule has 0 saturated heterocycles. The van der Waals surface area contributed by atoms with Crippen LogP contribution in [-0.2, 0) is 4.79 Å².